The lowest BCUT2D eigenvalue weighted by Gasteiger charge is -2.23. The number of benzene rings is 5. The Bertz CT molecular complexity index is 1640. The van der Waals surface area contributed by atoms with Crippen molar-refractivity contribution in [1.82, 2.24) is 4.90 Å². The van der Waals surface area contributed by atoms with Crippen molar-refractivity contribution in [3.8, 4) is 0 Å². The molecule has 0 aliphatic rings. The summed E-state index contributed by atoms with van der Waals surface area (Å²) in [5, 5.41) is 6.28. The first-order valence-corrected chi connectivity index (χ1v) is 14.1. The zero-order valence-electron chi connectivity index (χ0n) is 21.0. The van der Waals surface area contributed by atoms with Crippen LogP contribution in [0.2, 0.25) is 0 Å². The summed E-state index contributed by atoms with van der Waals surface area (Å²) in [6.45, 7) is 1.24. The van der Waals surface area contributed by atoms with E-state index in [9.17, 15) is 19.1 Å². The van der Waals surface area contributed by atoms with Crippen LogP contribution in [-0.2, 0) is 22.4 Å². The van der Waals surface area contributed by atoms with Crippen LogP contribution in [0.4, 0.5) is 5.69 Å². The summed E-state index contributed by atoms with van der Waals surface area (Å²) >= 11 is 0. The third kappa shape index (κ3) is 5.69. The Hall–Kier alpha value is -3.80. The molecule has 0 radical (unpaired) electrons. The lowest BCUT2D eigenvalue weighted by atomic mass is 10.0. The summed E-state index contributed by atoms with van der Waals surface area (Å²) in [4.78, 5) is 36.5. The molecule has 3 N–H and O–H groups in total. The molecule has 0 fully saturated rings. The Morgan fingerprint density at radius 3 is 2.11 bits per heavy atom. The molecule has 6 nitrogen and oxygen atoms in total. The van der Waals surface area contributed by atoms with E-state index in [0.29, 0.717) is 29.7 Å². The monoisotopic (exact) mass is 524 g/mol. The third-order valence-electron chi connectivity index (χ3n) is 6.67. The standard InChI is InChI=1S/C31H29N2O4P/c1-33(20-22-10-3-2-4-11-22)21-26-18-24-13-5-6-14-25(24)19-29(26)32-31(34)30(38(35,36)37)28-17-9-15-23-12-7-8-16-27(23)28/h2-19,30H,20-21H2,1H3,(H,32,34)(H2,35,36,37). The molecule has 0 spiro atoms. The van der Waals surface area contributed by atoms with E-state index in [1.165, 1.54) is 5.56 Å². The first kappa shape index (κ1) is 25.8. The van der Waals surface area contributed by atoms with Crippen LogP contribution >= 0.6 is 7.60 Å². The highest BCUT2D eigenvalue weighted by atomic mass is 31.2. The van der Waals surface area contributed by atoms with Gasteiger partial charge in [-0.05, 0) is 57.4 Å². The van der Waals surface area contributed by atoms with Gasteiger partial charge in [0.2, 0.25) is 5.91 Å². The van der Waals surface area contributed by atoms with Gasteiger partial charge in [-0.1, -0.05) is 97.1 Å². The van der Waals surface area contributed by atoms with E-state index in [4.69, 9.17) is 0 Å². The van der Waals surface area contributed by atoms with Gasteiger partial charge < -0.3 is 15.1 Å². The number of hydrogen-bond donors (Lipinski definition) is 3. The van der Waals surface area contributed by atoms with E-state index >= 15 is 0 Å². The second-order valence-electron chi connectivity index (χ2n) is 9.56. The fourth-order valence-electron chi connectivity index (χ4n) is 4.94. The minimum Gasteiger partial charge on any atom is -0.325 e. The molecule has 5 rings (SSSR count). The van der Waals surface area contributed by atoms with Crippen molar-refractivity contribution in [3.05, 3.63) is 126 Å². The van der Waals surface area contributed by atoms with E-state index < -0.39 is 19.2 Å². The number of carbonyl (C=O) groups is 1. The van der Waals surface area contributed by atoms with Crippen LogP contribution in [0.15, 0.2) is 109 Å². The van der Waals surface area contributed by atoms with Gasteiger partial charge in [-0.25, -0.2) is 0 Å². The van der Waals surface area contributed by atoms with Gasteiger partial charge in [0.05, 0.1) is 0 Å². The SMILES string of the molecule is CN(Cc1ccccc1)Cc1cc2ccccc2cc1NC(=O)C(c1cccc2ccccc12)P(=O)(O)O. The first-order chi connectivity index (χ1) is 18.3. The maximum atomic E-state index is 13.7. The number of carbonyl (C=O) groups excluding carboxylic acids is 1. The second-order valence-corrected chi connectivity index (χ2v) is 11.3. The number of nitrogens with one attached hydrogen (secondary N) is 1. The van der Waals surface area contributed by atoms with Crippen LogP contribution in [0.3, 0.4) is 0 Å². The van der Waals surface area contributed by atoms with E-state index in [1.54, 1.807) is 24.3 Å². The van der Waals surface area contributed by atoms with Gasteiger partial charge in [-0.2, -0.15) is 0 Å². The number of rotatable bonds is 8. The molecule has 0 aliphatic heterocycles. The van der Waals surface area contributed by atoms with Crippen molar-refractivity contribution < 1.29 is 19.1 Å². The molecule has 0 saturated carbocycles. The molecule has 0 bridgehead atoms. The van der Waals surface area contributed by atoms with Crippen LogP contribution in [0.25, 0.3) is 21.5 Å². The fraction of sp³-hybridized carbons (Fsp3) is 0.129. The normalized spacial score (nSPS) is 12.6. The molecule has 0 saturated heterocycles. The number of nitrogens with zero attached hydrogens (tertiary/aromatic N) is 1. The van der Waals surface area contributed by atoms with Crippen LogP contribution in [-0.4, -0.2) is 27.6 Å². The lowest BCUT2D eigenvalue weighted by molar-refractivity contribution is -0.116. The van der Waals surface area contributed by atoms with Gasteiger partial charge in [0, 0.05) is 18.8 Å². The Balaban J connectivity index is 1.51. The number of anilines is 1. The molecule has 0 heterocycles. The van der Waals surface area contributed by atoms with Crippen molar-refractivity contribution >= 4 is 40.7 Å². The van der Waals surface area contributed by atoms with Gasteiger partial charge in [-0.15, -0.1) is 0 Å². The van der Waals surface area contributed by atoms with Gasteiger partial charge in [-0.3, -0.25) is 14.3 Å². The molecule has 0 aromatic heterocycles. The molecule has 5 aromatic rings. The maximum Gasteiger partial charge on any atom is 0.342 e. The van der Waals surface area contributed by atoms with Gasteiger partial charge in [0.25, 0.3) is 0 Å². The number of hydrogen-bond acceptors (Lipinski definition) is 3. The van der Waals surface area contributed by atoms with E-state index in [2.05, 4.69) is 22.3 Å². The van der Waals surface area contributed by atoms with Crippen molar-refractivity contribution in [2.75, 3.05) is 12.4 Å². The van der Waals surface area contributed by atoms with Crippen LogP contribution in [0, 0.1) is 0 Å². The Morgan fingerprint density at radius 1 is 0.789 bits per heavy atom. The van der Waals surface area contributed by atoms with Crippen molar-refractivity contribution in [1.29, 1.82) is 0 Å². The van der Waals surface area contributed by atoms with Crippen LogP contribution in [0.5, 0.6) is 0 Å². The Morgan fingerprint density at radius 2 is 1.39 bits per heavy atom. The van der Waals surface area contributed by atoms with Crippen LogP contribution < -0.4 is 5.32 Å². The molecular weight excluding hydrogens is 495 g/mol. The lowest BCUT2D eigenvalue weighted by Crippen LogP contribution is -2.24. The molecule has 38 heavy (non-hydrogen) atoms. The van der Waals surface area contributed by atoms with Crippen LogP contribution in [0.1, 0.15) is 22.3 Å². The molecule has 1 amide bonds. The molecule has 192 valence electrons. The highest BCUT2D eigenvalue weighted by molar-refractivity contribution is 7.53. The molecule has 5 aromatic carbocycles. The minimum atomic E-state index is -4.85. The molecule has 1 atom stereocenters. The summed E-state index contributed by atoms with van der Waals surface area (Å²) < 4.78 is 12.7. The van der Waals surface area contributed by atoms with Crippen molar-refractivity contribution in [2.45, 2.75) is 18.7 Å². The zero-order valence-corrected chi connectivity index (χ0v) is 21.9. The quantitative estimate of drug-likeness (QED) is 0.202. The average Bonchev–Trinajstić information content (AvgIpc) is 2.89. The molecular formula is C31H29N2O4P. The van der Waals surface area contributed by atoms with Crippen molar-refractivity contribution in [2.24, 2.45) is 0 Å². The smallest absolute Gasteiger partial charge is 0.325 e. The summed E-state index contributed by atoms with van der Waals surface area (Å²) in [6, 6.07) is 34.3. The summed E-state index contributed by atoms with van der Waals surface area (Å²) in [5.41, 5.74) is 1.22. The molecule has 1 unspecified atom stereocenters. The summed E-state index contributed by atoms with van der Waals surface area (Å²) in [7, 11) is -2.85. The molecule has 7 heteroatoms. The van der Waals surface area contributed by atoms with Gasteiger partial charge >= 0.3 is 7.60 Å². The van der Waals surface area contributed by atoms with E-state index in [0.717, 1.165) is 21.7 Å². The zero-order chi connectivity index (χ0) is 26.7. The van der Waals surface area contributed by atoms with E-state index in [1.807, 2.05) is 79.8 Å². The highest BCUT2D eigenvalue weighted by Crippen LogP contribution is 2.53. The minimum absolute atomic E-state index is 0.303. The predicted molar refractivity (Wildman–Crippen MR) is 153 cm³/mol. The van der Waals surface area contributed by atoms with Gasteiger partial charge in [0.1, 0.15) is 0 Å². The Labute approximate surface area is 221 Å². The highest BCUT2D eigenvalue weighted by Gasteiger charge is 2.38. The average molecular weight is 525 g/mol. The van der Waals surface area contributed by atoms with E-state index in [-0.39, 0.29) is 0 Å². The first-order valence-electron chi connectivity index (χ1n) is 12.4. The Kier molecular flexibility index (Phi) is 7.41. The maximum absolute atomic E-state index is 13.7. The fourth-order valence-corrected chi connectivity index (χ4v) is 5.90. The number of amides is 1. The molecule has 0 aliphatic carbocycles. The predicted octanol–water partition coefficient (Wildman–Crippen LogP) is 6.48. The number of fused-ring (bicyclic) bond motifs is 2. The summed E-state index contributed by atoms with van der Waals surface area (Å²) in [6.07, 6.45) is 0. The third-order valence-corrected chi connectivity index (χ3v) is 7.85. The largest absolute Gasteiger partial charge is 0.342 e. The topological polar surface area (TPSA) is 89.9 Å². The summed E-state index contributed by atoms with van der Waals surface area (Å²) in [5.74, 6) is -0.739. The van der Waals surface area contributed by atoms with Gasteiger partial charge in [0.15, 0.2) is 5.66 Å². The second kappa shape index (κ2) is 10.9. The van der Waals surface area contributed by atoms with Crippen molar-refractivity contribution in [3.63, 3.8) is 0 Å².